The lowest BCUT2D eigenvalue weighted by Crippen LogP contribution is -2.15. The molecule has 2 aromatic carbocycles. The Kier molecular flexibility index (Phi) is 4.17. The number of anilines is 2. The summed E-state index contributed by atoms with van der Waals surface area (Å²) in [5, 5.41) is 0. The quantitative estimate of drug-likeness (QED) is 0.924. The summed E-state index contributed by atoms with van der Waals surface area (Å²) in [6.07, 6.45) is 0.925. The molecule has 1 N–H and O–H groups in total. The number of nitrogens with one attached hydrogen (secondary N) is 1. The smallest absolute Gasteiger partial charge is 0.265 e. The Morgan fingerprint density at radius 2 is 1.83 bits per heavy atom. The number of rotatable bonds is 4. The Morgan fingerprint density at radius 1 is 1.12 bits per heavy atom. The third kappa shape index (κ3) is 2.94. The highest BCUT2D eigenvalue weighted by atomic mass is 32.2. The lowest BCUT2D eigenvalue weighted by Gasteiger charge is -2.15. The zero-order valence-electron chi connectivity index (χ0n) is 14.4. The number of nitrogens with zero attached hydrogens (tertiary/aromatic N) is 1. The summed E-state index contributed by atoms with van der Waals surface area (Å²) in [4.78, 5) is 2.32. The van der Waals surface area contributed by atoms with Crippen molar-refractivity contribution in [3.8, 4) is 5.75 Å². The van der Waals surface area contributed by atoms with Gasteiger partial charge in [-0.15, -0.1) is 0 Å². The molecule has 1 aliphatic heterocycles. The monoisotopic (exact) mass is 346 g/mol. The van der Waals surface area contributed by atoms with Gasteiger partial charge in [0.2, 0.25) is 0 Å². The largest absolute Gasteiger partial charge is 0.495 e. The molecule has 1 aliphatic rings. The van der Waals surface area contributed by atoms with Gasteiger partial charge in [0.05, 0.1) is 7.11 Å². The maximum absolute atomic E-state index is 12.8. The molecule has 0 spiro atoms. The first kappa shape index (κ1) is 16.6. The van der Waals surface area contributed by atoms with Crippen LogP contribution in [0, 0.1) is 13.8 Å². The predicted molar refractivity (Wildman–Crippen MR) is 96.7 cm³/mol. The fraction of sp³-hybridized carbons (Fsp3) is 0.333. The van der Waals surface area contributed by atoms with Crippen molar-refractivity contribution in [1.29, 1.82) is 0 Å². The summed E-state index contributed by atoms with van der Waals surface area (Å²) >= 11 is 0. The molecule has 5 nitrogen and oxygen atoms in total. The zero-order valence-corrected chi connectivity index (χ0v) is 15.2. The molecule has 0 fully saturated rings. The van der Waals surface area contributed by atoms with Gasteiger partial charge >= 0.3 is 0 Å². The van der Waals surface area contributed by atoms with Gasteiger partial charge in [0.1, 0.15) is 10.6 Å². The minimum Gasteiger partial charge on any atom is -0.495 e. The van der Waals surface area contributed by atoms with Gasteiger partial charge in [0, 0.05) is 25.0 Å². The van der Waals surface area contributed by atoms with Gasteiger partial charge in [-0.3, -0.25) is 4.72 Å². The van der Waals surface area contributed by atoms with Crippen LogP contribution in [0.1, 0.15) is 16.7 Å². The van der Waals surface area contributed by atoms with Crippen LogP contribution in [0.5, 0.6) is 5.75 Å². The topological polar surface area (TPSA) is 58.6 Å². The molecule has 3 rings (SSSR count). The number of likely N-dealkylation sites (N-methyl/N-ethyl adjacent to an activating group) is 1. The van der Waals surface area contributed by atoms with Crippen LogP contribution >= 0.6 is 0 Å². The van der Waals surface area contributed by atoms with Crippen LogP contribution in [0.25, 0.3) is 0 Å². The SMILES string of the molecule is COc1cc(C)c(C)cc1S(=O)(=O)Nc1ccc2c(c1)CCN2C. The fourth-order valence-electron chi connectivity index (χ4n) is 2.97. The van der Waals surface area contributed by atoms with E-state index in [1.807, 2.05) is 33.0 Å². The Balaban J connectivity index is 1.97. The van der Waals surface area contributed by atoms with Crippen LogP contribution in [0.4, 0.5) is 11.4 Å². The number of methoxy groups -OCH3 is 1. The highest BCUT2D eigenvalue weighted by molar-refractivity contribution is 7.92. The molecule has 24 heavy (non-hydrogen) atoms. The lowest BCUT2D eigenvalue weighted by atomic mass is 10.1. The molecule has 0 unspecified atom stereocenters. The maximum Gasteiger partial charge on any atom is 0.265 e. The van der Waals surface area contributed by atoms with Gasteiger partial charge in [0.25, 0.3) is 10.0 Å². The number of sulfonamides is 1. The third-order valence-electron chi connectivity index (χ3n) is 4.53. The first-order valence-electron chi connectivity index (χ1n) is 7.84. The van der Waals surface area contributed by atoms with E-state index in [2.05, 4.69) is 9.62 Å². The number of fused-ring (bicyclic) bond motifs is 1. The van der Waals surface area contributed by atoms with Crippen molar-refractivity contribution < 1.29 is 13.2 Å². The standard InChI is InChI=1S/C18H22N2O3S/c1-12-9-17(23-4)18(10-13(12)2)24(21,22)19-15-5-6-16-14(11-15)7-8-20(16)3/h5-6,9-11,19H,7-8H2,1-4H3. The molecule has 0 aromatic heterocycles. The molecule has 0 saturated carbocycles. The van der Waals surface area contributed by atoms with Crippen molar-refractivity contribution >= 4 is 21.4 Å². The average Bonchev–Trinajstić information content (AvgIpc) is 2.89. The van der Waals surface area contributed by atoms with Crippen molar-refractivity contribution in [3.63, 3.8) is 0 Å². The Morgan fingerprint density at radius 3 is 2.54 bits per heavy atom. The van der Waals surface area contributed by atoms with Gasteiger partial charge < -0.3 is 9.64 Å². The second-order valence-electron chi connectivity index (χ2n) is 6.21. The van der Waals surface area contributed by atoms with Gasteiger partial charge in [-0.2, -0.15) is 0 Å². The zero-order chi connectivity index (χ0) is 17.5. The van der Waals surface area contributed by atoms with Gasteiger partial charge in [0.15, 0.2) is 0 Å². The predicted octanol–water partition coefficient (Wildman–Crippen LogP) is 3.11. The van der Waals surface area contributed by atoms with Crippen LogP contribution in [-0.4, -0.2) is 29.1 Å². The number of aryl methyl sites for hydroxylation is 2. The Bertz CT molecular complexity index is 891. The minimum atomic E-state index is -3.71. The van der Waals surface area contributed by atoms with Crippen molar-refractivity contribution in [2.45, 2.75) is 25.2 Å². The van der Waals surface area contributed by atoms with Gasteiger partial charge in [-0.05, 0) is 67.3 Å². The van der Waals surface area contributed by atoms with Gasteiger partial charge in [-0.25, -0.2) is 8.42 Å². The number of hydrogen-bond donors (Lipinski definition) is 1. The summed E-state index contributed by atoms with van der Waals surface area (Å²) in [6.45, 7) is 4.77. The third-order valence-corrected chi connectivity index (χ3v) is 5.93. The number of ether oxygens (including phenoxy) is 1. The second-order valence-corrected chi connectivity index (χ2v) is 7.86. The maximum atomic E-state index is 12.8. The van der Waals surface area contributed by atoms with Crippen LogP contribution in [0.15, 0.2) is 35.2 Å². The van der Waals surface area contributed by atoms with E-state index in [4.69, 9.17) is 4.74 Å². The van der Waals surface area contributed by atoms with Crippen LogP contribution in [0.2, 0.25) is 0 Å². The minimum absolute atomic E-state index is 0.158. The van der Waals surface area contributed by atoms with Crippen molar-refractivity contribution in [1.82, 2.24) is 0 Å². The molecule has 128 valence electrons. The van der Waals surface area contributed by atoms with E-state index >= 15 is 0 Å². The van der Waals surface area contributed by atoms with Crippen molar-refractivity contribution in [3.05, 3.63) is 47.0 Å². The molecule has 0 aliphatic carbocycles. The molecule has 0 radical (unpaired) electrons. The van der Waals surface area contributed by atoms with E-state index in [1.165, 1.54) is 7.11 Å². The second kappa shape index (κ2) is 6.02. The highest BCUT2D eigenvalue weighted by Crippen LogP contribution is 2.32. The fourth-order valence-corrected chi connectivity index (χ4v) is 4.26. The van der Waals surface area contributed by atoms with E-state index in [0.717, 1.165) is 35.3 Å². The molecular weight excluding hydrogens is 324 g/mol. The Labute approximate surface area is 143 Å². The molecule has 0 atom stereocenters. The lowest BCUT2D eigenvalue weighted by molar-refractivity contribution is 0.402. The van der Waals surface area contributed by atoms with E-state index in [0.29, 0.717) is 11.4 Å². The average molecular weight is 346 g/mol. The van der Waals surface area contributed by atoms with Crippen LogP contribution in [0.3, 0.4) is 0 Å². The number of hydrogen-bond acceptors (Lipinski definition) is 4. The van der Waals surface area contributed by atoms with Gasteiger partial charge in [-0.1, -0.05) is 0 Å². The van der Waals surface area contributed by atoms with E-state index in [9.17, 15) is 8.42 Å². The first-order valence-corrected chi connectivity index (χ1v) is 9.32. The number of benzene rings is 2. The summed E-state index contributed by atoms with van der Waals surface area (Å²) in [7, 11) is -0.197. The molecule has 0 saturated heterocycles. The summed E-state index contributed by atoms with van der Waals surface area (Å²) in [5.74, 6) is 0.353. The first-order chi connectivity index (χ1) is 11.3. The molecule has 0 bridgehead atoms. The normalized spacial score (nSPS) is 13.8. The Hall–Kier alpha value is -2.21. The van der Waals surface area contributed by atoms with E-state index in [1.54, 1.807) is 18.2 Å². The van der Waals surface area contributed by atoms with Crippen molar-refractivity contribution in [2.75, 3.05) is 30.3 Å². The molecule has 1 heterocycles. The highest BCUT2D eigenvalue weighted by Gasteiger charge is 2.22. The van der Waals surface area contributed by atoms with Crippen molar-refractivity contribution in [2.24, 2.45) is 0 Å². The summed E-state index contributed by atoms with van der Waals surface area (Å²) in [5.41, 5.74) is 4.79. The van der Waals surface area contributed by atoms with Crippen LogP contribution < -0.4 is 14.4 Å². The summed E-state index contributed by atoms with van der Waals surface area (Å²) < 4.78 is 33.6. The summed E-state index contributed by atoms with van der Waals surface area (Å²) in [6, 6.07) is 9.06. The molecular formula is C18H22N2O3S. The molecule has 2 aromatic rings. The van der Waals surface area contributed by atoms with E-state index in [-0.39, 0.29) is 4.90 Å². The molecule has 6 heteroatoms. The van der Waals surface area contributed by atoms with E-state index < -0.39 is 10.0 Å². The molecule has 0 amide bonds. The van der Waals surface area contributed by atoms with Crippen LogP contribution in [-0.2, 0) is 16.4 Å².